The second-order valence-electron chi connectivity index (χ2n) is 2.81. The minimum atomic E-state index is -1.01. The summed E-state index contributed by atoms with van der Waals surface area (Å²) in [6, 6.07) is 0. The van der Waals surface area contributed by atoms with E-state index >= 15 is 0 Å². The number of aliphatic hydroxyl groups excluding tert-OH is 2. The van der Waals surface area contributed by atoms with Crippen LogP contribution in [0.5, 0.6) is 0 Å². The number of nitrogens with two attached hydrogens (primary N) is 1. The first-order valence-corrected chi connectivity index (χ1v) is 4.00. The third kappa shape index (κ3) is 2.45. The standard InChI is InChI=1S/C8H13N3O2/c1-5-10-3-6(4-11-5)8(13)7(12)2-9/h3-4,7-8,12-13H,2,9H2,1H3. The van der Waals surface area contributed by atoms with E-state index in [4.69, 9.17) is 5.73 Å². The quantitative estimate of drug-likeness (QED) is 0.567. The van der Waals surface area contributed by atoms with E-state index in [0.29, 0.717) is 11.4 Å². The second-order valence-corrected chi connectivity index (χ2v) is 2.81. The van der Waals surface area contributed by atoms with Gasteiger partial charge in [0.15, 0.2) is 0 Å². The lowest BCUT2D eigenvalue weighted by Crippen LogP contribution is -2.27. The molecule has 0 aliphatic rings. The van der Waals surface area contributed by atoms with Crippen molar-refractivity contribution in [3.63, 3.8) is 0 Å². The van der Waals surface area contributed by atoms with Crippen LogP contribution < -0.4 is 5.73 Å². The van der Waals surface area contributed by atoms with Crippen molar-refractivity contribution < 1.29 is 10.2 Å². The van der Waals surface area contributed by atoms with E-state index in [1.54, 1.807) is 6.92 Å². The van der Waals surface area contributed by atoms with Gasteiger partial charge in [0.2, 0.25) is 0 Å². The minimum absolute atomic E-state index is 0.00897. The summed E-state index contributed by atoms with van der Waals surface area (Å²) in [7, 11) is 0. The molecule has 4 N–H and O–H groups in total. The number of rotatable bonds is 3. The maximum Gasteiger partial charge on any atom is 0.125 e. The Labute approximate surface area is 76.3 Å². The first kappa shape index (κ1) is 10.0. The lowest BCUT2D eigenvalue weighted by atomic mass is 10.1. The molecule has 0 radical (unpaired) electrons. The molecule has 5 heteroatoms. The molecule has 0 aromatic carbocycles. The summed E-state index contributed by atoms with van der Waals surface area (Å²) >= 11 is 0. The molecule has 2 atom stereocenters. The summed E-state index contributed by atoms with van der Waals surface area (Å²) in [4.78, 5) is 7.79. The number of nitrogens with zero attached hydrogens (tertiary/aromatic N) is 2. The molecule has 0 spiro atoms. The third-order valence-electron chi connectivity index (χ3n) is 1.75. The zero-order chi connectivity index (χ0) is 9.84. The van der Waals surface area contributed by atoms with E-state index in [9.17, 15) is 10.2 Å². The maximum absolute atomic E-state index is 9.47. The van der Waals surface area contributed by atoms with Gasteiger partial charge in [-0.15, -0.1) is 0 Å². The zero-order valence-electron chi connectivity index (χ0n) is 7.38. The molecule has 0 fully saturated rings. The van der Waals surface area contributed by atoms with Crippen LogP contribution in [-0.4, -0.2) is 32.8 Å². The fraction of sp³-hybridized carbons (Fsp3) is 0.500. The molecule has 5 nitrogen and oxygen atoms in total. The predicted molar refractivity (Wildman–Crippen MR) is 46.8 cm³/mol. The normalized spacial score (nSPS) is 15.4. The van der Waals surface area contributed by atoms with Gasteiger partial charge in [-0.1, -0.05) is 0 Å². The van der Waals surface area contributed by atoms with Gasteiger partial charge in [-0.25, -0.2) is 9.97 Å². The van der Waals surface area contributed by atoms with Gasteiger partial charge >= 0.3 is 0 Å². The summed E-state index contributed by atoms with van der Waals surface area (Å²) in [6.07, 6.45) is 0.981. The molecule has 0 aliphatic carbocycles. The van der Waals surface area contributed by atoms with Gasteiger partial charge in [-0.05, 0) is 6.92 Å². The van der Waals surface area contributed by atoms with Gasteiger partial charge in [0.25, 0.3) is 0 Å². The number of aliphatic hydroxyl groups is 2. The Morgan fingerprint density at radius 3 is 2.38 bits per heavy atom. The maximum atomic E-state index is 9.47. The Kier molecular flexibility index (Phi) is 3.30. The van der Waals surface area contributed by atoms with Crippen molar-refractivity contribution in [1.82, 2.24) is 9.97 Å². The molecule has 1 heterocycles. The molecule has 1 aromatic heterocycles. The van der Waals surface area contributed by atoms with E-state index in [-0.39, 0.29) is 6.54 Å². The SMILES string of the molecule is Cc1ncc(C(O)C(O)CN)cn1. The molecule has 0 saturated carbocycles. The monoisotopic (exact) mass is 183 g/mol. The molecular weight excluding hydrogens is 170 g/mol. The Morgan fingerprint density at radius 1 is 1.38 bits per heavy atom. The summed E-state index contributed by atoms with van der Waals surface area (Å²) in [5.41, 5.74) is 5.66. The fourth-order valence-corrected chi connectivity index (χ4v) is 0.906. The highest BCUT2D eigenvalue weighted by atomic mass is 16.3. The smallest absolute Gasteiger partial charge is 0.125 e. The van der Waals surface area contributed by atoms with Crippen LogP contribution in [0.4, 0.5) is 0 Å². The van der Waals surface area contributed by atoms with E-state index in [1.165, 1.54) is 12.4 Å². The summed E-state index contributed by atoms with van der Waals surface area (Å²) in [5.74, 6) is 0.623. The van der Waals surface area contributed by atoms with E-state index in [1.807, 2.05) is 0 Å². The topological polar surface area (TPSA) is 92.3 Å². The third-order valence-corrected chi connectivity index (χ3v) is 1.75. The van der Waals surface area contributed by atoms with Crippen LogP contribution in [0.1, 0.15) is 17.5 Å². The molecule has 0 saturated heterocycles. The van der Waals surface area contributed by atoms with Gasteiger partial charge in [0, 0.05) is 24.5 Å². The number of hydrogen-bond acceptors (Lipinski definition) is 5. The largest absolute Gasteiger partial charge is 0.389 e. The average molecular weight is 183 g/mol. The highest BCUT2D eigenvalue weighted by molar-refractivity contribution is 5.10. The van der Waals surface area contributed by atoms with Crippen LogP contribution in [0.3, 0.4) is 0 Å². The Balaban J connectivity index is 2.77. The second kappa shape index (κ2) is 4.27. The van der Waals surface area contributed by atoms with Crippen LogP contribution in [0, 0.1) is 6.92 Å². The van der Waals surface area contributed by atoms with Crippen LogP contribution >= 0.6 is 0 Å². The number of aromatic nitrogens is 2. The average Bonchev–Trinajstić information content (AvgIpc) is 2.17. The molecule has 1 rings (SSSR count). The molecule has 0 aliphatic heterocycles. The van der Waals surface area contributed by atoms with Gasteiger partial charge < -0.3 is 15.9 Å². The summed E-state index contributed by atoms with van der Waals surface area (Å²) < 4.78 is 0. The number of hydrogen-bond donors (Lipinski definition) is 3. The highest BCUT2D eigenvalue weighted by Gasteiger charge is 2.16. The van der Waals surface area contributed by atoms with Crippen LogP contribution in [0.15, 0.2) is 12.4 Å². The van der Waals surface area contributed by atoms with Crippen molar-refractivity contribution in [2.24, 2.45) is 5.73 Å². The summed E-state index contributed by atoms with van der Waals surface area (Å²) in [6.45, 7) is 1.75. The van der Waals surface area contributed by atoms with E-state index < -0.39 is 12.2 Å². The van der Waals surface area contributed by atoms with Crippen molar-refractivity contribution in [1.29, 1.82) is 0 Å². The van der Waals surface area contributed by atoms with Crippen LogP contribution in [0.2, 0.25) is 0 Å². The van der Waals surface area contributed by atoms with E-state index in [0.717, 1.165) is 0 Å². The Hall–Kier alpha value is -1.04. The number of aryl methyl sites for hydroxylation is 1. The van der Waals surface area contributed by atoms with Crippen molar-refractivity contribution >= 4 is 0 Å². The minimum Gasteiger partial charge on any atom is -0.389 e. The molecule has 2 unspecified atom stereocenters. The highest BCUT2D eigenvalue weighted by Crippen LogP contribution is 2.13. The molecular formula is C8H13N3O2. The lowest BCUT2D eigenvalue weighted by Gasteiger charge is -2.15. The first-order valence-electron chi connectivity index (χ1n) is 4.00. The Bertz CT molecular complexity index is 263. The molecule has 72 valence electrons. The van der Waals surface area contributed by atoms with Crippen molar-refractivity contribution in [2.45, 2.75) is 19.1 Å². The van der Waals surface area contributed by atoms with Gasteiger partial charge in [0.1, 0.15) is 11.9 Å². The first-order chi connectivity index (χ1) is 6.15. The molecule has 1 aromatic rings. The van der Waals surface area contributed by atoms with Crippen molar-refractivity contribution in [3.8, 4) is 0 Å². The van der Waals surface area contributed by atoms with Crippen LogP contribution in [-0.2, 0) is 0 Å². The molecule has 0 bridgehead atoms. The van der Waals surface area contributed by atoms with Crippen molar-refractivity contribution in [2.75, 3.05) is 6.54 Å². The Morgan fingerprint density at radius 2 is 1.92 bits per heavy atom. The van der Waals surface area contributed by atoms with Crippen molar-refractivity contribution in [3.05, 3.63) is 23.8 Å². The van der Waals surface area contributed by atoms with Gasteiger partial charge in [0.05, 0.1) is 6.10 Å². The van der Waals surface area contributed by atoms with Crippen LogP contribution in [0.25, 0.3) is 0 Å². The predicted octanol–water partition coefficient (Wildman–Crippen LogP) is -0.862. The van der Waals surface area contributed by atoms with Gasteiger partial charge in [-0.3, -0.25) is 0 Å². The lowest BCUT2D eigenvalue weighted by molar-refractivity contribution is 0.0239. The molecule has 0 amide bonds. The summed E-state index contributed by atoms with van der Waals surface area (Å²) in [5, 5.41) is 18.7. The fourth-order valence-electron chi connectivity index (χ4n) is 0.906. The van der Waals surface area contributed by atoms with E-state index in [2.05, 4.69) is 9.97 Å². The van der Waals surface area contributed by atoms with Gasteiger partial charge in [-0.2, -0.15) is 0 Å². The molecule has 13 heavy (non-hydrogen) atoms. The zero-order valence-corrected chi connectivity index (χ0v) is 7.38.